The van der Waals surface area contributed by atoms with Gasteiger partial charge in [0.05, 0.1) is 10.9 Å². The molecule has 0 unspecified atom stereocenters. The lowest BCUT2D eigenvalue weighted by Gasteiger charge is -2.23. The standard InChI is InChI=1S/C13H17N3O/c1-16-13(17-10-6-8-14-9-7-10)11-4-2-3-5-12(11)15-16/h2-5,10,14H,6-9H2,1H3. The molecule has 0 spiro atoms. The van der Waals surface area contributed by atoms with Crippen molar-refractivity contribution in [3.8, 4) is 5.88 Å². The first-order valence-electron chi connectivity index (χ1n) is 6.14. The van der Waals surface area contributed by atoms with E-state index in [0.717, 1.165) is 42.7 Å². The zero-order valence-corrected chi connectivity index (χ0v) is 10.0. The first kappa shape index (κ1) is 10.6. The molecule has 0 amide bonds. The van der Waals surface area contributed by atoms with Crippen LogP contribution in [0.1, 0.15) is 12.8 Å². The summed E-state index contributed by atoms with van der Waals surface area (Å²) in [7, 11) is 1.94. The molecule has 4 nitrogen and oxygen atoms in total. The number of piperidine rings is 1. The molecule has 90 valence electrons. The van der Waals surface area contributed by atoms with Gasteiger partial charge in [0, 0.05) is 7.05 Å². The van der Waals surface area contributed by atoms with Crippen LogP contribution in [0.4, 0.5) is 0 Å². The van der Waals surface area contributed by atoms with E-state index >= 15 is 0 Å². The number of ether oxygens (including phenoxy) is 1. The highest BCUT2D eigenvalue weighted by atomic mass is 16.5. The summed E-state index contributed by atoms with van der Waals surface area (Å²) in [4.78, 5) is 0. The predicted molar refractivity (Wildman–Crippen MR) is 67.2 cm³/mol. The molecular weight excluding hydrogens is 214 g/mol. The maximum Gasteiger partial charge on any atom is 0.219 e. The third-order valence-corrected chi connectivity index (χ3v) is 3.25. The van der Waals surface area contributed by atoms with Crippen LogP contribution < -0.4 is 10.1 Å². The van der Waals surface area contributed by atoms with Crippen molar-refractivity contribution >= 4 is 10.9 Å². The van der Waals surface area contributed by atoms with Crippen LogP contribution in [0.5, 0.6) is 5.88 Å². The molecule has 4 heteroatoms. The second-order valence-corrected chi connectivity index (χ2v) is 4.51. The number of aromatic nitrogens is 2. The summed E-state index contributed by atoms with van der Waals surface area (Å²) in [6.07, 6.45) is 2.45. The zero-order chi connectivity index (χ0) is 11.7. The van der Waals surface area contributed by atoms with Gasteiger partial charge in [-0.3, -0.25) is 0 Å². The summed E-state index contributed by atoms with van der Waals surface area (Å²) < 4.78 is 7.94. The lowest BCUT2D eigenvalue weighted by Crippen LogP contribution is -2.34. The maximum atomic E-state index is 6.10. The first-order chi connectivity index (χ1) is 8.34. The summed E-state index contributed by atoms with van der Waals surface area (Å²) in [6.45, 7) is 2.08. The van der Waals surface area contributed by atoms with Crippen molar-refractivity contribution < 1.29 is 4.74 Å². The molecule has 1 saturated heterocycles. The highest BCUT2D eigenvalue weighted by Gasteiger charge is 2.18. The molecule has 1 fully saturated rings. The monoisotopic (exact) mass is 231 g/mol. The van der Waals surface area contributed by atoms with Crippen LogP contribution >= 0.6 is 0 Å². The lowest BCUT2D eigenvalue weighted by atomic mass is 10.1. The molecule has 1 aromatic carbocycles. The summed E-state index contributed by atoms with van der Waals surface area (Å²) in [5.41, 5.74) is 0.999. The van der Waals surface area contributed by atoms with Crippen LogP contribution in [0, 0.1) is 0 Å². The van der Waals surface area contributed by atoms with Gasteiger partial charge in [-0.05, 0) is 38.1 Å². The van der Waals surface area contributed by atoms with Gasteiger partial charge in [0.1, 0.15) is 6.10 Å². The van der Waals surface area contributed by atoms with Gasteiger partial charge in [0.25, 0.3) is 0 Å². The lowest BCUT2D eigenvalue weighted by molar-refractivity contribution is 0.151. The van der Waals surface area contributed by atoms with Crippen LogP contribution in [0.2, 0.25) is 0 Å². The van der Waals surface area contributed by atoms with E-state index in [1.807, 2.05) is 29.9 Å². The van der Waals surface area contributed by atoms with Crippen molar-refractivity contribution in [3.05, 3.63) is 24.3 Å². The first-order valence-corrected chi connectivity index (χ1v) is 6.14. The Balaban J connectivity index is 1.90. The number of hydrogen-bond donors (Lipinski definition) is 1. The minimum Gasteiger partial charge on any atom is -0.474 e. The summed E-state index contributed by atoms with van der Waals surface area (Å²) >= 11 is 0. The van der Waals surface area contributed by atoms with Crippen molar-refractivity contribution in [2.24, 2.45) is 7.05 Å². The highest BCUT2D eigenvalue weighted by Crippen LogP contribution is 2.26. The predicted octanol–water partition coefficient (Wildman–Crippen LogP) is 1.70. The molecule has 3 rings (SSSR count). The van der Waals surface area contributed by atoms with Gasteiger partial charge < -0.3 is 10.1 Å². The fraction of sp³-hybridized carbons (Fsp3) is 0.462. The smallest absolute Gasteiger partial charge is 0.219 e. The van der Waals surface area contributed by atoms with Crippen molar-refractivity contribution in [1.82, 2.24) is 15.1 Å². The Kier molecular flexibility index (Phi) is 2.73. The maximum absolute atomic E-state index is 6.10. The Labute approximate surface area is 101 Å². The number of fused-ring (bicyclic) bond motifs is 1. The molecule has 0 bridgehead atoms. The van der Waals surface area contributed by atoms with E-state index < -0.39 is 0 Å². The third kappa shape index (κ3) is 2.00. The fourth-order valence-corrected chi connectivity index (χ4v) is 2.33. The summed E-state index contributed by atoms with van der Waals surface area (Å²) in [6, 6.07) is 8.12. The van der Waals surface area contributed by atoms with E-state index in [-0.39, 0.29) is 0 Å². The Morgan fingerprint density at radius 1 is 1.29 bits per heavy atom. The molecule has 0 atom stereocenters. The van der Waals surface area contributed by atoms with E-state index in [9.17, 15) is 0 Å². The number of nitrogens with zero attached hydrogens (tertiary/aromatic N) is 2. The molecule has 1 N–H and O–H groups in total. The number of nitrogens with one attached hydrogen (secondary N) is 1. The van der Waals surface area contributed by atoms with Crippen molar-refractivity contribution in [2.75, 3.05) is 13.1 Å². The second-order valence-electron chi connectivity index (χ2n) is 4.51. The second kappa shape index (κ2) is 4.37. The molecule has 1 aromatic heterocycles. The molecule has 0 radical (unpaired) electrons. The normalized spacial score (nSPS) is 17.5. The van der Waals surface area contributed by atoms with Gasteiger partial charge >= 0.3 is 0 Å². The topological polar surface area (TPSA) is 39.1 Å². The van der Waals surface area contributed by atoms with Gasteiger partial charge in [0.2, 0.25) is 5.88 Å². The minimum absolute atomic E-state index is 0.315. The van der Waals surface area contributed by atoms with Crippen molar-refractivity contribution in [3.63, 3.8) is 0 Å². The molecule has 1 aliphatic rings. The molecular formula is C13H17N3O. The van der Waals surface area contributed by atoms with Gasteiger partial charge in [-0.15, -0.1) is 0 Å². The van der Waals surface area contributed by atoms with Crippen molar-refractivity contribution in [2.45, 2.75) is 18.9 Å². The molecule has 2 aromatic rings. The number of aryl methyl sites for hydroxylation is 1. The number of rotatable bonds is 2. The Bertz CT molecular complexity index is 514. The van der Waals surface area contributed by atoms with Gasteiger partial charge in [0.15, 0.2) is 0 Å². The zero-order valence-electron chi connectivity index (χ0n) is 10.0. The quantitative estimate of drug-likeness (QED) is 0.855. The molecule has 0 aliphatic carbocycles. The minimum atomic E-state index is 0.315. The van der Waals surface area contributed by atoms with E-state index in [4.69, 9.17) is 4.74 Å². The Morgan fingerprint density at radius 2 is 2.06 bits per heavy atom. The molecule has 17 heavy (non-hydrogen) atoms. The number of hydrogen-bond acceptors (Lipinski definition) is 3. The molecule has 0 saturated carbocycles. The van der Waals surface area contributed by atoms with E-state index in [0.29, 0.717) is 6.10 Å². The number of benzene rings is 1. The largest absolute Gasteiger partial charge is 0.474 e. The SMILES string of the molecule is Cn1nc2ccccc2c1OC1CCNCC1. The van der Waals surface area contributed by atoms with Crippen LogP contribution in [0.25, 0.3) is 10.9 Å². The Hall–Kier alpha value is -1.55. The highest BCUT2D eigenvalue weighted by molar-refractivity contribution is 5.84. The van der Waals surface area contributed by atoms with Gasteiger partial charge in [-0.1, -0.05) is 12.1 Å². The van der Waals surface area contributed by atoms with Crippen LogP contribution in [0.3, 0.4) is 0 Å². The Morgan fingerprint density at radius 3 is 2.88 bits per heavy atom. The fourth-order valence-electron chi connectivity index (χ4n) is 2.33. The molecule has 2 heterocycles. The van der Waals surface area contributed by atoms with Crippen LogP contribution in [-0.4, -0.2) is 29.0 Å². The average Bonchev–Trinajstić information content (AvgIpc) is 2.68. The van der Waals surface area contributed by atoms with E-state index in [2.05, 4.69) is 16.5 Å². The van der Waals surface area contributed by atoms with Crippen LogP contribution in [-0.2, 0) is 7.05 Å². The van der Waals surface area contributed by atoms with Crippen molar-refractivity contribution in [1.29, 1.82) is 0 Å². The summed E-state index contributed by atoms with van der Waals surface area (Å²) in [5, 5.41) is 8.90. The van der Waals surface area contributed by atoms with Gasteiger partial charge in [-0.25, -0.2) is 4.68 Å². The third-order valence-electron chi connectivity index (χ3n) is 3.25. The summed E-state index contributed by atoms with van der Waals surface area (Å²) in [5.74, 6) is 0.896. The van der Waals surface area contributed by atoms with E-state index in [1.165, 1.54) is 0 Å². The van der Waals surface area contributed by atoms with Crippen LogP contribution in [0.15, 0.2) is 24.3 Å². The molecule has 1 aliphatic heterocycles. The van der Waals surface area contributed by atoms with Gasteiger partial charge in [-0.2, -0.15) is 5.10 Å². The van der Waals surface area contributed by atoms with E-state index in [1.54, 1.807) is 0 Å². The average molecular weight is 231 g/mol.